The average molecular weight is 605 g/mol. The van der Waals surface area contributed by atoms with Crippen molar-refractivity contribution in [2.75, 3.05) is 5.73 Å². The van der Waals surface area contributed by atoms with Crippen LogP contribution in [0.2, 0.25) is 0 Å². The molecule has 4 nitrogen and oxygen atoms in total. The average Bonchev–Trinajstić information content (AvgIpc) is 3.13. The predicted octanol–water partition coefficient (Wildman–Crippen LogP) is 10.7. The van der Waals surface area contributed by atoms with Crippen LogP contribution in [0.3, 0.4) is 0 Å². The van der Waals surface area contributed by atoms with Gasteiger partial charge in [-0.15, -0.1) is 0 Å². The van der Waals surface area contributed by atoms with Gasteiger partial charge in [0.05, 0.1) is 11.4 Å². The number of hydrogen-bond donors (Lipinski definition) is 3. The number of fused-ring (bicyclic) bond motifs is 2. The summed E-state index contributed by atoms with van der Waals surface area (Å²) in [5.74, 6) is 0. The second kappa shape index (κ2) is 12.9. The van der Waals surface area contributed by atoms with Gasteiger partial charge >= 0.3 is 0 Å². The van der Waals surface area contributed by atoms with Crippen LogP contribution < -0.4 is 5.73 Å². The Morgan fingerprint density at radius 1 is 0.447 bits per heavy atom. The summed E-state index contributed by atoms with van der Waals surface area (Å²) in [6.07, 6.45) is 8.98. The van der Waals surface area contributed by atoms with Gasteiger partial charge in [-0.1, -0.05) is 121 Å². The minimum absolute atomic E-state index is 0.242. The number of nitrogen functional groups attached to an aromatic ring is 1. The lowest BCUT2D eigenvalue weighted by atomic mass is 9.85. The maximum absolute atomic E-state index is 8.06. The summed E-state index contributed by atoms with van der Waals surface area (Å²) in [5, 5.41) is 20.8. The molecule has 6 aromatic carbocycles. The van der Waals surface area contributed by atoms with E-state index < -0.39 is 0 Å². The smallest absolute Gasteiger partial charge is 0.0795 e. The molecular weight excluding hydrogens is 573 g/mol. The summed E-state index contributed by atoms with van der Waals surface area (Å²) in [6, 6.07) is 48.2. The van der Waals surface area contributed by atoms with Crippen molar-refractivity contribution in [2.24, 2.45) is 0 Å². The van der Waals surface area contributed by atoms with Gasteiger partial charge in [-0.3, -0.25) is 15.8 Å². The molecule has 4 heteroatoms. The fourth-order valence-electron chi connectivity index (χ4n) is 6.19. The van der Waals surface area contributed by atoms with Crippen LogP contribution in [0, 0.1) is 10.8 Å². The minimum Gasteiger partial charge on any atom is -0.399 e. The van der Waals surface area contributed by atoms with Gasteiger partial charge in [-0.2, -0.15) is 0 Å². The highest BCUT2D eigenvalue weighted by Gasteiger charge is 2.17. The first-order valence-electron chi connectivity index (χ1n) is 15.5. The van der Waals surface area contributed by atoms with Crippen molar-refractivity contribution in [1.82, 2.24) is 4.98 Å². The Kier molecular flexibility index (Phi) is 8.06. The Morgan fingerprint density at radius 3 is 1.62 bits per heavy atom. The van der Waals surface area contributed by atoms with E-state index in [4.69, 9.17) is 16.6 Å². The molecular formula is C43H32N4. The first-order valence-corrected chi connectivity index (χ1v) is 15.5. The molecule has 47 heavy (non-hydrogen) atoms. The summed E-state index contributed by atoms with van der Waals surface area (Å²) in [5.41, 5.74) is 16.0. The zero-order valence-electron chi connectivity index (χ0n) is 25.7. The van der Waals surface area contributed by atoms with Crippen molar-refractivity contribution in [1.29, 1.82) is 10.8 Å². The second-order valence-electron chi connectivity index (χ2n) is 11.4. The lowest BCUT2D eigenvalue weighted by molar-refractivity contribution is 1.33. The number of anilines is 1. The summed E-state index contributed by atoms with van der Waals surface area (Å²) in [7, 11) is 0. The van der Waals surface area contributed by atoms with Crippen LogP contribution >= 0.6 is 0 Å². The topological polar surface area (TPSA) is 86.6 Å². The quantitative estimate of drug-likeness (QED) is 0.106. The van der Waals surface area contributed by atoms with Crippen LogP contribution in [0.15, 0.2) is 170 Å². The van der Waals surface area contributed by atoms with E-state index in [1.54, 1.807) is 18.3 Å². The van der Waals surface area contributed by atoms with E-state index in [1.807, 2.05) is 48.7 Å². The number of benzene rings is 6. The summed E-state index contributed by atoms with van der Waals surface area (Å²) in [6.45, 7) is 0. The Bertz CT molecular complexity index is 2280. The highest BCUT2D eigenvalue weighted by molar-refractivity contribution is 6.50. The molecule has 0 unspecified atom stereocenters. The summed E-state index contributed by atoms with van der Waals surface area (Å²) < 4.78 is 0. The molecule has 0 bridgehead atoms. The van der Waals surface area contributed by atoms with Crippen molar-refractivity contribution in [3.63, 3.8) is 0 Å². The zero-order chi connectivity index (χ0) is 32.2. The van der Waals surface area contributed by atoms with Gasteiger partial charge in [0.1, 0.15) is 0 Å². The van der Waals surface area contributed by atoms with Crippen molar-refractivity contribution in [3.8, 4) is 33.4 Å². The highest BCUT2D eigenvalue weighted by atomic mass is 14.6. The number of nitrogens with one attached hydrogen (secondary N) is 2. The van der Waals surface area contributed by atoms with Gasteiger partial charge < -0.3 is 5.73 Å². The molecule has 224 valence electrons. The molecule has 1 heterocycles. The van der Waals surface area contributed by atoms with E-state index in [-0.39, 0.29) is 11.4 Å². The molecule has 0 spiro atoms. The van der Waals surface area contributed by atoms with Gasteiger partial charge in [-0.25, -0.2) is 0 Å². The molecule has 1 aromatic heterocycles. The van der Waals surface area contributed by atoms with Crippen LogP contribution in [0.1, 0.15) is 5.56 Å². The van der Waals surface area contributed by atoms with E-state index in [2.05, 4.69) is 108 Å². The standard InChI is InChI=1S/C32H22N2.C11H10N2/c33-29-18-17-23(20-30(29)34)22-11-8-12-24(19-22)32-27-15-6-4-13-25(27)31(21-9-2-1-3-10-21)26-14-5-7-16-28(26)32;12-11-5-1-3-9(7-11)10-4-2-6-13-8-10/h1-20,33-34H;1-8H,12H2. The molecule has 4 N–H and O–H groups in total. The molecule has 0 fully saturated rings. The third kappa shape index (κ3) is 6.00. The van der Waals surface area contributed by atoms with Gasteiger partial charge in [0, 0.05) is 23.6 Å². The highest BCUT2D eigenvalue weighted by Crippen LogP contribution is 2.43. The van der Waals surface area contributed by atoms with Crippen LogP contribution in [0.25, 0.3) is 60.5 Å². The van der Waals surface area contributed by atoms with Crippen molar-refractivity contribution in [3.05, 3.63) is 176 Å². The maximum Gasteiger partial charge on any atom is 0.0795 e. The van der Waals surface area contributed by atoms with Crippen molar-refractivity contribution in [2.45, 2.75) is 0 Å². The number of rotatable bonds is 4. The molecule has 0 saturated heterocycles. The van der Waals surface area contributed by atoms with Gasteiger partial charge in [0.15, 0.2) is 0 Å². The Balaban J connectivity index is 0.000000226. The molecule has 1 aliphatic carbocycles. The first kappa shape index (κ1) is 29.3. The van der Waals surface area contributed by atoms with Crippen LogP contribution in [0.4, 0.5) is 5.69 Å². The van der Waals surface area contributed by atoms with Crippen LogP contribution in [-0.4, -0.2) is 16.4 Å². The molecule has 1 aliphatic rings. The fraction of sp³-hybridized carbons (Fsp3) is 0. The number of nitrogens with two attached hydrogens (primary N) is 1. The Hall–Kier alpha value is -6.39. The number of hydrogen-bond acceptors (Lipinski definition) is 4. The lowest BCUT2D eigenvalue weighted by Crippen LogP contribution is -2.09. The molecule has 0 aliphatic heterocycles. The monoisotopic (exact) mass is 604 g/mol. The number of aromatic nitrogens is 1. The fourth-order valence-corrected chi connectivity index (χ4v) is 6.19. The normalized spacial score (nSPS) is 12.5. The molecule has 7 aromatic rings. The van der Waals surface area contributed by atoms with E-state index in [9.17, 15) is 0 Å². The number of pyridine rings is 1. The first-order chi connectivity index (χ1) is 23.1. The van der Waals surface area contributed by atoms with Gasteiger partial charge in [0.2, 0.25) is 0 Å². The third-order valence-electron chi connectivity index (χ3n) is 8.38. The second-order valence-corrected chi connectivity index (χ2v) is 11.4. The number of allylic oxidation sites excluding steroid dienone is 4. The van der Waals surface area contributed by atoms with E-state index in [0.717, 1.165) is 33.5 Å². The van der Waals surface area contributed by atoms with Gasteiger partial charge in [0.25, 0.3) is 0 Å². The zero-order valence-corrected chi connectivity index (χ0v) is 25.7. The summed E-state index contributed by atoms with van der Waals surface area (Å²) >= 11 is 0. The lowest BCUT2D eigenvalue weighted by Gasteiger charge is -2.18. The van der Waals surface area contributed by atoms with E-state index >= 15 is 0 Å². The van der Waals surface area contributed by atoms with E-state index in [0.29, 0.717) is 0 Å². The van der Waals surface area contributed by atoms with Crippen molar-refractivity contribution >= 4 is 44.2 Å². The molecule has 8 rings (SSSR count). The van der Waals surface area contributed by atoms with Crippen LogP contribution in [0.5, 0.6) is 0 Å². The minimum atomic E-state index is 0.242. The third-order valence-corrected chi connectivity index (χ3v) is 8.38. The number of nitrogens with zero attached hydrogens (tertiary/aromatic N) is 1. The van der Waals surface area contributed by atoms with E-state index in [1.165, 1.54) is 38.2 Å². The Morgan fingerprint density at radius 2 is 1.00 bits per heavy atom. The van der Waals surface area contributed by atoms with Crippen molar-refractivity contribution < 1.29 is 0 Å². The van der Waals surface area contributed by atoms with Crippen LogP contribution in [-0.2, 0) is 0 Å². The SMILES string of the molecule is N=C1C=CC(c2cccc(-c3c4ccccc4c(-c4ccccc4)c4ccccc34)c2)=CC1=N.Nc1cccc(-c2cccnc2)c1. The molecule has 0 amide bonds. The Labute approximate surface area is 274 Å². The maximum atomic E-state index is 8.06. The molecule has 0 radical (unpaired) electrons. The summed E-state index contributed by atoms with van der Waals surface area (Å²) in [4.78, 5) is 4.05. The molecule has 0 saturated carbocycles. The van der Waals surface area contributed by atoms with Gasteiger partial charge in [-0.05, 0) is 96.9 Å². The largest absolute Gasteiger partial charge is 0.399 e. The molecule has 0 atom stereocenters. The predicted molar refractivity (Wildman–Crippen MR) is 199 cm³/mol.